The summed E-state index contributed by atoms with van der Waals surface area (Å²) < 4.78 is 5.50. The first-order chi connectivity index (χ1) is 8.09. The Kier molecular flexibility index (Phi) is 3.79. The van der Waals surface area contributed by atoms with Gasteiger partial charge >= 0.3 is 0 Å². The molecule has 1 aliphatic rings. The zero-order valence-electron chi connectivity index (χ0n) is 11.2. The fourth-order valence-corrected chi connectivity index (χ4v) is 2.29. The van der Waals surface area contributed by atoms with Gasteiger partial charge in [-0.15, -0.1) is 0 Å². The standard InChI is InChI=1S/C14H22N2O/c1-10-5-6-13(12-7-8-17-9-12)14(15-10)11(2)16(3)4/h5-6,11-12H,7-9H2,1-4H3/t11-,12-/m1/s1. The molecule has 0 bridgehead atoms. The van der Waals surface area contributed by atoms with Crippen molar-refractivity contribution in [3.05, 3.63) is 29.1 Å². The van der Waals surface area contributed by atoms with E-state index in [9.17, 15) is 0 Å². The maximum atomic E-state index is 5.50. The first-order valence-electron chi connectivity index (χ1n) is 6.31. The van der Waals surface area contributed by atoms with Gasteiger partial charge in [0.25, 0.3) is 0 Å². The Balaban J connectivity index is 2.36. The quantitative estimate of drug-likeness (QED) is 0.803. The van der Waals surface area contributed by atoms with Gasteiger partial charge in [0.15, 0.2) is 0 Å². The van der Waals surface area contributed by atoms with Crippen molar-refractivity contribution in [1.29, 1.82) is 0 Å². The third-order valence-corrected chi connectivity index (χ3v) is 3.64. The van der Waals surface area contributed by atoms with E-state index in [0.717, 1.165) is 25.3 Å². The van der Waals surface area contributed by atoms with Crippen molar-refractivity contribution in [2.45, 2.75) is 32.2 Å². The van der Waals surface area contributed by atoms with Gasteiger partial charge in [-0.1, -0.05) is 6.07 Å². The van der Waals surface area contributed by atoms with Gasteiger partial charge in [-0.3, -0.25) is 4.98 Å². The molecule has 2 rings (SSSR count). The van der Waals surface area contributed by atoms with Crippen LogP contribution in [0.3, 0.4) is 0 Å². The number of nitrogens with zero attached hydrogens (tertiary/aromatic N) is 2. The van der Waals surface area contributed by atoms with Crippen molar-refractivity contribution in [3.63, 3.8) is 0 Å². The van der Waals surface area contributed by atoms with Crippen LogP contribution in [0.25, 0.3) is 0 Å². The molecular weight excluding hydrogens is 212 g/mol. The molecule has 0 saturated carbocycles. The van der Waals surface area contributed by atoms with E-state index in [1.165, 1.54) is 11.3 Å². The average molecular weight is 234 g/mol. The first kappa shape index (κ1) is 12.5. The smallest absolute Gasteiger partial charge is 0.0611 e. The van der Waals surface area contributed by atoms with Crippen LogP contribution in [-0.2, 0) is 4.74 Å². The van der Waals surface area contributed by atoms with E-state index in [0.29, 0.717) is 12.0 Å². The van der Waals surface area contributed by atoms with Gasteiger partial charge in [0.1, 0.15) is 0 Å². The number of rotatable bonds is 3. The normalized spacial score (nSPS) is 22.1. The largest absolute Gasteiger partial charge is 0.381 e. The van der Waals surface area contributed by atoms with Crippen molar-refractivity contribution in [2.24, 2.45) is 0 Å². The Labute approximate surface area is 104 Å². The number of pyridine rings is 1. The predicted octanol–water partition coefficient (Wildman–Crippen LogP) is 2.52. The van der Waals surface area contributed by atoms with E-state index < -0.39 is 0 Å². The Hall–Kier alpha value is -0.930. The van der Waals surface area contributed by atoms with Crippen LogP contribution < -0.4 is 0 Å². The highest BCUT2D eigenvalue weighted by molar-refractivity contribution is 5.29. The molecule has 1 fully saturated rings. The molecule has 0 unspecified atom stereocenters. The first-order valence-corrected chi connectivity index (χ1v) is 6.31. The van der Waals surface area contributed by atoms with Gasteiger partial charge < -0.3 is 9.64 Å². The summed E-state index contributed by atoms with van der Waals surface area (Å²) in [6.07, 6.45) is 1.12. The number of aryl methyl sites for hydroxylation is 1. The van der Waals surface area contributed by atoms with Crippen LogP contribution in [0.5, 0.6) is 0 Å². The second-order valence-corrected chi connectivity index (χ2v) is 5.13. The molecule has 94 valence electrons. The van der Waals surface area contributed by atoms with Crippen LogP contribution in [0.2, 0.25) is 0 Å². The van der Waals surface area contributed by atoms with Gasteiger partial charge in [0, 0.05) is 24.3 Å². The minimum atomic E-state index is 0.352. The Morgan fingerprint density at radius 2 is 2.18 bits per heavy atom. The third kappa shape index (κ3) is 2.67. The molecule has 1 aromatic rings. The van der Waals surface area contributed by atoms with E-state index >= 15 is 0 Å². The van der Waals surface area contributed by atoms with Crippen LogP contribution in [-0.4, -0.2) is 37.2 Å². The molecular formula is C14H22N2O. The molecule has 3 nitrogen and oxygen atoms in total. The topological polar surface area (TPSA) is 25.4 Å². The lowest BCUT2D eigenvalue weighted by molar-refractivity contribution is 0.193. The van der Waals surface area contributed by atoms with Crippen LogP contribution in [0, 0.1) is 6.92 Å². The average Bonchev–Trinajstić information content (AvgIpc) is 2.81. The zero-order valence-corrected chi connectivity index (χ0v) is 11.2. The third-order valence-electron chi connectivity index (χ3n) is 3.64. The fraction of sp³-hybridized carbons (Fsp3) is 0.643. The molecule has 2 atom stereocenters. The number of hydrogen-bond acceptors (Lipinski definition) is 3. The van der Waals surface area contributed by atoms with E-state index in [1.54, 1.807) is 0 Å². The molecule has 2 heterocycles. The van der Waals surface area contributed by atoms with Gasteiger partial charge in [-0.2, -0.15) is 0 Å². The summed E-state index contributed by atoms with van der Waals surface area (Å²) in [5, 5.41) is 0. The highest BCUT2D eigenvalue weighted by atomic mass is 16.5. The molecule has 0 aliphatic carbocycles. The Morgan fingerprint density at radius 1 is 1.41 bits per heavy atom. The highest BCUT2D eigenvalue weighted by Gasteiger charge is 2.24. The molecule has 0 N–H and O–H groups in total. The second-order valence-electron chi connectivity index (χ2n) is 5.13. The summed E-state index contributed by atoms with van der Waals surface area (Å²) in [4.78, 5) is 6.95. The van der Waals surface area contributed by atoms with Crippen LogP contribution in [0.15, 0.2) is 12.1 Å². The summed E-state index contributed by atoms with van der Waals surface area (Å²) in [6, 6.07) is 4.70. The summed E-state index contributed by atoms with van der Waals surface area (Å²) in [5.74, 6) is 0.528. The molecule has 3 heteroatoms. The van der Waals surface area contributed by atoms with Gasteiger partial charge in [-0.25, -0.2) is 0 Å². The van der Waals surface area contributed by atoms with Crippen molar-refractivity contribution in [1.82, 2.24) is 9.88 Å². The minimum Gasteiger partial charge on any atom is -0.381 e. The molecule has 0 spiro atoms. The van der Waals surface area contributed by atoms with E-state index in [2.05, 4.69) is 45.0 Å². The summed E-state index contributed by atoms with van der Waals surface area (Å²) in [5.41, 5.74) is 3.68. The Bertz CT molecular complexity index is 384. The van der Waals surface area contributed by atoms with Crippen LogP contribution in [0.1, 0.15) is 42.3 Å². The number of ether oxygens (including phenoxy) is 1. The Morgan fingerprint density at radius 3 is 2.76 bits per heavy atom. The van der Waals surface area contributed by atoms with Crippen LogP contribution in [0.4, 0.5) is 0 Å². The summed E-state index contributed by atoms with van der Waals surface area (Å²) in [7, 11) is 4.20. The van der Waals surface area contributed by atoms with E-state index in [1.807, 2.05) is 0 Å². The SMILES string of the molecule is Cc1ccc([C@@H]2CCOC2)c([C@@H](C)N(C)C)n1. The molecule has 1 aliphatic heterocycles. The fourth-order valence-electron chi connectivity index (χ4n) is 2.29. The van der Waals surface area contributed by atoms with Gasteiger partial charge in [-0.05, 0) is 46.0 Å². The molecule has 1 saturated heterocycles. The zero-order chi connectivity index (χ0) is 12.4. The molecule has 0 radical (unpaired) electrons. The van der Waals surface area contributed by atoms with E-state index in [-0.39, 0.29) is 0 Å². The lowest BCUT2D eigenvalue weighted by Gasteiger charge is -2.24. The van der Waals surface area contributed by atoms with Crippen molar-refractivity contribution in [2.75, 3.05) is 27.3 Å². The van der Waals surface area contributed by atoms with Crippen molar-refractivity contribution in [3.8, 4) is 0 Å². The minimum absolute atomic E-state index is 0.352. The number of hydrogen-bond donors (Lipinski definition) is 0. The molecule has 0 amide bonds. The predicted molar refractivity (Wildman–Crippen MR) is 69.3 cm³/mol. The lowest BCUT2D eigenvalue weighted by Crippen LogP contribution is -2.21. The van der Waals surface area contributed by atoms with E-state index in [4.69, 9.17) is 9.72 Å². The summed E-state index contributed by atoms with van der Waals surface area (Å²) in [6.45, 7) is 5.99. The van der Waals surface area contributed by atoms with Crippen LogP contribution >= 0.6 is 0 Å². The van der Waals surface area contributed by atoms with Gasteiger partial charge in [0.2, 0.25) is 0 Å². The maximum absolute atomic E-state index is 5.50. The highest BCUT2D eigenvalue weighted by Crippen LogP contribution is 2.31. The van der Waals surface area contributed by atoms with Crippen molar-refractivity contribution < 1.29 is 4.74 Å². The second kappa shape index (κ2) is 5.15. The van der Waals surface area contributed by atoms with Crippen molar-refractivity contribution >= 4 is 0 Å². The molecule has 17 heavy (non-hydrogen) atoms. The summed E-state index contributed by atoms with van der Waals surface area (Å²) >= 11 is 0. The lowest BCUT2D eigenvalue weighted by atomic mass is 9.93. The molecule has 1 aromatic heterocycles. The molecule has 0 aromatic carbocycles. The van der Waals surface area contributed by atoms with Gasteiger partial charge in [0.05, 0.1) is 12.3 Å². The number of aromatic nitrogens is 1. The maximum Gasteiger partial charge on any atom is 0.0611 e. The monoisotopic (exact) mass is 234 g/mol.